The van der Waals surface area contributed by atoms with Crippen molar-refractivity contribution in [2.45, 2.75) is 26.7 Å². The van der Waals surface area contributed by atoms with Crippen LogP contribution in [0.5, 0.6) is 0 Å². The third-order valence-electron chi connectivity index (χ3n) is 2.25. The highest BCUT2D eigenvalue weighted by Gasteiger charge is 2.11. The summed E-state index contributed by atoms with van der Waals surface area (Å²) in [5.74, 6) is 0.340. The molecule has 6 heteroatoms. The Bertz CT molecular complexity index is 267. The molecule has 0 aliphatic heterocycles. The van der Waals surface area contributed by atoms with E-state index in [0.717, 1.165) is 12.8 Å². The van der Waals surface area contributed by atoms with Crippen molar-refractivity contribution < 1.29 is 4.79 Å². The number of nitrogens with one attached hydrogen (secondary N) is 2. The van der Waals surface area contributed by atoms with Crippen LogP contribution in [0.2, 0.25) is 0 Å². The summed E-state index contributed by atoms with van der Waals surface area (Å²) in [4.78, 5) is 11.3. The van der Waals surface area contributed by atoms with E-state index < -0.39 is 0 Å². The van der Waals surface area contributed by atoms with Gasteiger partial charge in [-0.3, -0.25) is 4.79 Å². The van der Waals surface area contributed by atoms with Gasteiger partial charge in [-0.1, -0.05) is 26.7 Å². The summed E-state index contributed by atoms with van der Waals surface area (Å²) in [6.07, 6.45) is 2.12. The summed E-state index contributed by atoms with van der Waals surface area (Å²) in [7, 11) is 0. The van der Waals surface area contributed by atoms with E-state index in [0.29, 0.717) is 12.5 Å². The Kier molecular flexibility index (Phi) is 4.03. The number of carbonyl (C=O) groups excluding carboxylic acids is 1. The van der Waals surface area contributed by atoms with Gasteiger partial charge in [0.2, 0.25) is 0 Å². The number of nitrogens with zero attached hydrogens (tertiary/aromatic N) is 3. The SMILES string of the molecule is CCC(CC)CNC(=O)c1nn[nH]n1. The number of rotatable bonds is 5. The molecule has 0 radical (unpaired) electrons. The highest BCUT2D eigenvalue weighted by Crippen LogP contribution is 2.05. The van der Waals surface area contributed by atoms with Gasteiger partial charge in [0, 0.05) is 6.54 Å². The van der Waals surface area contributed by atoms with E-state index in [4.69, 9.17) is 0 Å². The summed E-state index contributed by atoms with van der Waals surface area (Å²) >= 11 is 0. The number of H-pyrrole nitrogens is 1. The number of hydrogen-bond donors (Lipinski definition) is 2. The van der Waals surface area contributed by atoms with E-state index in [2.05, 4.69) is 39.8 Å². The Labute approximate surface area is 82.5 Å². The lowest BCUT2D eigenvalue weighted by Crippen LogP contribution is -2.29. The van der Waals surface area contributed by atoms with Crippen molar-refractivity contribution in [3.63, 3.8) is 0 Å². The lowest BCUT2D eigenvalue weighted by molar-refractivity contribution is 0.0936. The first-order valence-corrected chi connectivity index (χ1v) is 4.79. The monoisotopic (exact) mass is 197 g/mol. The lowest BCUT2D eigenvalue weighted by atomic mass is 10.0. The molecule has 0 aliphatic carbocycles. The Hall–Kier alpha value is -1.46. The summed E-state index contributed by atoms with van der Waals surface area (Å²) in [6, 6.07) is 0. The fourth-order valence-electron chi connectivity index (χ4n) is 1.15. The van der Waals surface area contributed by atoms with Crippen LogP contribution in [0.4, 0.5) is 0 Å². The van der Waals surface area contributed by atoms with Crippen LogP contribution in [-0.4, -0.2) is 33.1 Å². The molecule has 6 nitrogen and oxygen atoms in total. The zero-order valence-corrected chi connectivity index (χ0v) is 8.45. The molecule has 0 bridgehead atoms. The fraction of sp³-hybridized carbons (Fsp3) is 0.750. The van der Waals surface area contributed by atoms with Crippen molar-refractivity contribution >= 4 is 5.91 Å². The smallest absolute Gasteiger partial charge is 0.292 e. The van der Waals surface area contributed by atoms with Crippen LogP contribution >= 0.6 is 0 Å². The second kappa shape index (κ2) is 5.31. The molecule has 0 spiro atoms. The Morgan fingerprint density at radius 3 is 2.71 bits per heavy atom. The fourth-order valence-corrected chi connectivity index (χ4v) is 1.15. The maximum atomic E-state index is 11.3. The molecule has 0 aromatic carbocycles. The maximum absolute atomic E-state index is 11.3. The third kappa shape index (κ3) is 2.79. The van der Waals surface area contributed by atoms with Crippen molar-refractivity contribution in [2.24, 2.45) is 5.92 Å². The molecular weight excluding hydrogens is 182 g/mol. The van der Waals surface area contributed by atoms with Gasteiger partial charge in [-0.15, -0.1) is 10.2 Å². The van der Waals surface area contributed by atoms with Gasteiger partial charge in [0.05, 0.1) is 0 Å². The molecule has 0 atom stereocenters. The second-order valence-corrected chi connectivity index (χ2v) is 3.13. The van der Waals surface area contributed by atoms with Gasteiger partial charge in [-0.25, -0.2) is 0 Å². The van der Waals surface area contributed by atoms with Crippen LogP contribution in [0.1, 0.15) is 37.3 Å². The van der Waals surface area contributed by atoms with Crippen LogP contribution in [0.3, 0.4) is 0 Å². The average molecular weight is 197 g/mol. The molecule has 1 amide bonds. The predicted octanol–water partition coefficient (Wildman–Crippen LogP) is 0.366. The first kappa shape index (κ1) is 10.6. The van der Waals surface area contributed by atoms with E-state index in [9.17, 15) is 4.79 Å². The first-order chi connectivity index (χ1) is 6.77. The Morgan fingerprint density at radius 1 is 1.50 bits per heavy atom. The normalized spacial score (nSPS) is 10.5. The van der Waals surface area contributed by atoms with E-state index in [-0.39, 0.29) is 11.7 Å². The van der Waals surface area contributed by atoms with Gasteiger partial charge in [0.15, 0.2) is 0 Å². The largest absolute Gasteiger partial charge is 0.349 e. The van der Waals surface area contributed by atoms with Crippen LogP contribution in [-0.2, 0) is 0 Å². The van der Waals surface area contributed by atoms with Gasteiger partial charge >= 0.3 is 0 Å². The average Bonchev–Trinajstić information content (AvgIpc) is 2.72. The lowest BCUT2D eigenvalue weighted by Gasteiger charge is -2.11. The predicted molar refractivity (Wildman–Crippen MR) is 50.6 cm³/mol. The zero-order chi connectivity index (χ0) is 10.4. The molecule has 14 heavy (non-hydrogen) atoms. The van der Waals surface area contributed by atoms with Crippen LogP contribution in [0.15, 0.2) is 0 Å². The highest BCUT2D eigenvalue weighted by atomic mass is 16.2. The van der Waals surface area contributed by atoms with Crippen molar-refractivity contribution in [1.82, 2.24) is 25.9 Å². The maximum Gasteiger partial charge on any atom is 0.292 e. The van der Waals surface area contributed by atoms with Crippen LogP contribution in [0.25, 0.3) is 0 Å². The van der Waals surface area contributed by atoms with Crippen molar-refractivity contribution in [2.75, 3.05) is 6.54 Å². The minimum Gasteiger partial charge on any atom is -0.349 e. The molecule has 0 fully saturated rings. The number of tetrazole rings is 1. The summed E-state index contributed by atoms with van der Waals surface area (Å²) < 4.78 is 0. The van der Waals surface area contributed by atoms with Gasteiger partial charge in [-0.05, 0) is 11.1 Å². The molecule has 0 saturated carbocycles. The van der Waals surface area contributed by atoms with Crippen LogP contribution < -0.4 is 5.32 Å². The van der Waals surface area contributed by atoms with Gasteiger partial charge in [0.1, 0.15) is 0 Å². The molecule has 0 unspecified atom stereocenters. The molecule has 1 aromatic heterocycles. The first-order valence-electron chi connectivity index (χ1n) is 4.79. The van der Waals surface area contributed by atoms with E-state index >= 15 is 0 Å². The van der Waals surface area contributed by atoms with E-state index in [1.54, 1.807) is 0 Å². The van der Waals surface area contributed by atoms with E-state index in [1.165, 1.54) is 0 Å². The highest BCUT2D eigenvalue weighted by molar-refractivity contribution is 5.89. The minimum absolute atomic E-state index is 0.0935. The molecule has 1 aromatic rings. The van der Waals surface area contributed by atoms with Gasteiger partial charge in [0.25, 0.3) is 11.7 Å². The van der Waals surface area contributed by atoms with E-state index in [1.807, 2.05) is 0 Å². The third-order valence-corrected chi connectivity index (χ3v) is 2.25. The summed E-state index contributed by atoms with van der Waals surface area (Å²) in [6.45, 7) is 4.88. The number of aromatic nitrogens is 4. The Balaban J connectivity index is 2.35. The standard InChI is InChI=1S/C8H15N5O/c1-3-6(4-2)5-9-8(14)7-10-12-13-11-7/h6H,3-5H2,1-2H3,(H,9,14)(H,10,11,12,13). The zero-order valence-electron chi connectivity index (χ0n) is 8.45. The van der Waals surface area contributed by atoms with Crippen molar-refractivity contribution in [1.29, 1.82) is 0 Å². The quantitative estimate of drug-likeness (QED) is 0.714. The molecule has 0 aliphatic rings. The molecule has 0 saturated heterocycles. The van der Waals surface area contributed by atoms with Crippen molar-refractivity contribution in [3.05, 3.63) is 5.82 Å². The number of aromatic amines is 1. The molecular formula is C8H15N5O. The topological polar surface area (TPSA) is 83.6 Å². The van der Waals surface area contributed by atoms with Crippen molar-refractivity contribution in [3.8, 4) is 0 Å². The number of amides is 1. The molecule has 1 heterocycles. The minimum atomic E-state index is -0.273. The molecule has 1 rings (SSSR count). The number of carbonyl (C=O) groups is 1. The van der Waals surface area contributed by atoms with Gasteiger partial charge < -0.3 is 5.32 Å². The summed E-state index contributed by atoms with van der Waals surface area (Å²) in [5.41, 5.74) is 0. The Morgan fingerprint density at radius 2 is 2.21 bits per heavy atom. The molecule has 78 valence electrons. The van der Waals surface area contributed by atoms with Gasteiger partial charge in [-0.2, -0.15) is 5.21 Å². The molecule has 2 N–H and O–H groups in total. The summed E-state index contributed by atoms with van der Waals surface area (Å²) in [5, 5.41) is 15.5. The van der Waals surface area contributed by atoms with Crippen LogP contribution in [0, 0.1) is 5.92 Å². The second-order valence-electron chi connectivity index (χ2n) is 3.13. The number of hydrogen-bond acceptors (Lipinski definition) is 4.